The van der Waals surface area contributed by atoms with Crippen LogP contribution < -0.4 is 0 Å². The lowest BCUT2D eigenvalue weighted by Crippen LogP contribution is -2.51. The topological polar surface area (TPSA) is 88.8 Å². The molecule has 2 atom stereocenters. The first-order valence-corrected chi connectivity index (χ1v) is 8.26. The summed E-state index contributed by atoms with van der Waals surface area (Å²) in [5, 5.41) is 7.51. The highest BCUT2D eigenvalue weighted by molar-refractivity contribution is 5.76. The maximum atomic E-state index is 12.4. The molecule has 2 heterocycles. The lowest BCUT2D eigenvalue weighted by molar-refractivity contribution is -0.139. The molecule has 8 heteroatoms. The van der Waals surface area contributed by atoms with Gasteiger partial charge in [0.1, 0.15) is 11.4 Å². The van der Waals surface area contributed by atoms with Gasteiger partial charge in [0.05, 0.1) is 18.7 Å². The van der Waals surface area contributed by atoms with E-state index in [1.807, 2.05) is 4.90 Å². The van der Waals surface area contributed by atoms with Gasteiger partial charge in [-0.1, -0.05) is 10.3 Å². The van der Waals surface area contributed by atoms with Crippen molar-refractivity contribution in [1.82, 2.24) is 20.1 Å². The average molecular weight is 338 g/mol. The number of amides is 2. The number of carbonyl (C=O) groups excluding carboxylic acids is 2. The number of hydrogen-bond donors (Lipinski definition) is 0. The molecule has 2 rings (SSSR count). The van der Waals surface area contributed by atoms with E-state index in [4.69, 9.17) is 4.74 Å². The van der Waals surface area contributed by atoms with Crippen LogP contribution in [0.15, 0.2) is 4.63 Å². The van der Waals surface area contributed by atoms with E-state index in [1.54, 1.807) is 32.9 Å². The molecule has 2 amide bonds. The standard InChI is InChI=1S/C16H26N4O4/c1-11-13(18-24-17-11)10-19(3)16(22)8-7-14-15(23-4)6-5-9-20(14)12(2)21/h14-15H,5-10H2,1-4H3/t14-,15-/m0/s1. The van der Waals surface area contributed by atoms with Gasteiger partial charge in [0, 0.05) is 34.0 Å². The van der Waals surface area contributed by atoms with Crippen molar-refractivity contribution in [2.24, 2.45) is 0 Å². The highest BCUT2D eigenvalue weighted by atomic mass is 16.6. The number of likely N-dealkylation sites (tertiary alicyclic amines) is 1. The second kappa shape index (κ2) is 8.23. The number of carbonyl (C=O) groups is 2. The molecule has 0 N–H and O–H groups in total. The van der Waals surface area contributed by atoms with Crippen LogP contribution in [0.3, 0.4) is 0 Å². The van der Waals surface area contributed by atoms with Gasteiger partial charge >= 0.3 is 0 Å². The Labute approximate surface area is 142 Å². The van der Waals surface area contributed by atoms with Crippen LogP contribution in [-0.4, -0.2) is 64.8 Å². The maximum absolute atomic E-state index is 12.4. The number of hydrogen-bond acceptors (Lipinski definition) is 6. The van der Waals surface area contributed by atoms with Gasteiger partial charge in [-0.25, -0.2) is 4.63 Å². The predicted molar refractivity (Wildman–Crippen MR) is 85.9 cm³/mol. The summed E-state index contributed by atoms with van der Waals surface area (Å²) in [6.45, 7) is 4.45. The number of rotatable bonds is 6. The van der Waals surface area contributed by atoms with Crippen molar-refractivity contribution in [2.75, 3.05) is 20.7 Å². The highest BCUT2D eigenvalue weighted by Gasteiger charge is 2.33. The first-order chi connectivity index (χ1) is 11.4. The summed E-state index contributed by atoms with van der Waals surface area (Å²) in [5.74, 6) is 0.0354. The summed E-state index contributed by atoms with van der Waals surface area (Å²) < 4.78 is 10.2. The Kier molecular flexibility index (Phi) is 6.30. The fourth-order valence-electron chi connectivity index (χ4n) is 3.20. The molecular weight excluding hydrogens is 312 g/mol. The van der Waals surface area contributed by atoms with Crippen molar-refractivity contribution < 1.29 is 19.0 Å². The molecule has 134 valence electrons. The van der Waals surface area contributed by atoms with E-state index in [-0.39, 0.29) is 24.0 Å². The van der Waals surface area contributed by atoms with Gasteiger partial charge in [-0.15, -0.1) is 0 Å². The monoisotopic (exact) mass is 338 g/mol. The lowest BCUT2D eigenvalue weighted by Gasteiger charge is -2.40. The lowest BCUT2D eigenvalue weighted by atomic mass is 9.94. The fraction of sp³-hybridized carbons (Fsp3) is 0.750. The van der Waals surface area contributed by atoms with E-state index in [9.17, 15) is 9.59 Å². The zero-order valence-corrected chi connectivity index (χ0v) is 14.8. The Morgan fingerprint density at radius 1 is 1.42 bits per heavy atom. The zero-order chi connectivity index (χ0) is 17.7. The highest BCUT2D eigenvalue weighted by Crippen LogP contribution is 2.24. The molecule has 0 aliphatic carbocycles. The summed E-state index contributed by atoms with van der Waals surface area (Å²) >= 11 is 0. The first kappa shape index (κ1) is 18.4. The van der Waals surface area contributed by atoms with Crippen molar-refractivity contribution in [1.29, 1.82) is 0 Å². The minimum Gasteiger partial charge on any atom is -0.379 e. The third-order valence-corrected chi connectivity index (χ3v) is 4.64. The number of methoxy groups -OCH3 is 1. The molecule has 1 aromatic heterocycles. The molecule has 0 bridgehead atoms. The molecule has 1 aliphatic rings. The van der Waals surface area contributed by atoms with E-state index in [0.29, 0.717) is 30.8 Å². The van der Waals surface area contributed by atoms with Gasteiger partial charge in [-0.05, 0) is 26.2 Å². The summed E-state index contributed by atoms with van der Waals surface area (Å²) in [4.78, 5) is 27.7. The zero-order valence-electron chi connectivity index (χ0n) is 14.8. The number of aromatic nitrogens is 2. The van der Waals surface area contributed by atoms with Gasteiger partial charge in [0.25, 0.3) is 0 Å². The molecule has 1 saturated heterocycles. The Morgan fingerprint density at radius 3 is 2.75 bits per heavy atom. The molecule has 0 saturated carbocycles. The Morgan fingerprint density at radius 2 is 2.17 bits per heavy atom. The number of aryl methyl sites for hydroxylation is 1. The van der Waals surface area contributed by atoms with Crippen LogP contribution in [0.2, 0.25) is 0 Å². The maximum Gasteiger partial charge on any atom is 0.222 e. The first-order valence-electron chi connectivity index (χ1n) is 8.26. The molecule has 1 fully saturated rings. The van der Waals surface area contributed by atoms with Gasteiger partial charge in [0.2, 0.25) is 11.8 Å². The molecule has 0 radical (unpaired) electrons. The second-order valence-electron chi connectivity index (χ2n) is 6.28. The van der Waals surface area contributed by atoms with Gasteiger partial charge in [0.15, 0.2) is 0 Å². The molecule has 8 nitrogen and oxygen atoms in total. The van der Waals surface area contributed by atoms with Crippen molar-refractivity contribution in [2.45, 2.75) is 58.2 Å². The molecule has 1 aromatic rings. The molecule has 0 spiro atoms. The van der Waals surface area contributed by atoms with Crippen LogP contribution in [0, 0.1) is 6.92 Å². The molecule has 0 aromatic carbocycles. The van der Waals surface area contributed by atoms with Crippen LogP contribution in [0.25, 0.3) is 0 Å². The van der Waals surface area contributed by atoms with Crippen molar-refractivity contribution >= 4 is 11.8 Å². The van der Waals surface area contributed by atoms with Crippen LogP contribution in [0.1, 0.15) is 44.0 Å². The van der Waals surface area contributed by atoms with E-state index >= 15 is 0 Å². The molecule has 1 aliphatic heterocycles. The van der Waals surface area contributed by atoms with E-state index in [0.717, 1.165) is 19.4 Å². The quantitative estimate of drug-likeness (QED) is 0.773. The third kappa shape index (κ3) is 4.31. The smallest absolute Gasteiger partial charge is 0.222 e. The summed E-state index contributed by atoms with van der Waals surface area (Å²) in [6, 6.07) is -0.0472. The second-order valence-corrected chi connectivity index (χ2v) is 6.28. The largest absolute Gasteiger partial charge is 0.379 e. The van der Waals surface area contributed by atoms with E-state index in [1.165, 1.54) is 0 Å². The minimum absolute atomic E-state index is 0.00123. The van der Waals surface area contributed by atoms with Gasteiger partial charge in [-0.2, -0.15) is 0 Å². The SMILES string of the molecule is CO[C@H]1CCCN(C(C)=O)[C@H]1CCC(=O)N(C)Cc1nonc1C. The van der Waals surface area contributed by atoms with Crippen LogP contribution in [0.4, 0.5) is 0 Å². The van der Waals surface area contributed by atoms with Crippen LogP contribution in [0.5, 0.6) is 0 Å². The molecule has 24 heavy (non-hydrogen) atoms. The van der Waals surface area contributed by atoms with E-state index < -0.39 is 0 Å². The molecule has 0 unspecified atom stereocenters. The number of ether oxygens (including phenoxy) is 1. The van der Waals surface area contributed by atoms with Crippen LogP contribution >= 0.6 is 0 Å². The molecular formula is C16H26N4O4. The Bertz CT molecular complexity index is 574. The summed E-state index contributed by atoms with van der Waals surface area (Å²) in [5.41, 5.74) is 1.34. The summed E-state index contributed by atoms with van der Waals surface area (Å²) in [6.07, 6.45) is 2.79. The fourth-order valence-corrected chi connectivity index (χ4v) is 3.20. The normalized spacial score (nSPS) is 20.9. The van der Waals surface area contributed by atoms with E-state index in [2.05, 4.69) is 14.9 Å². The third-order valence-electron chi connectivity index (χ3n) is 4.64. The Hall–Kier alpha value is -1.96. The minimum atomic E-state index is -0.0472. The summed E-state index contributed by atoms with van der Waals surface area (Å²) in [7, 11) is 3.39. The van der Waals surface area contributed by atoms with Crippen LogP contribution in [-0.2, 0) is 20.9 Å². The van der Waals surface area contributed by atoms with Gasteiger partial charge < -0.3 is 14.5 Å². The number of nitrogens with zero attached hydrogens (tertiary/aromatic N) is 4. The Balaban J connectivity index is 1.92. The predicted octanol–water partition coefficient (Wildman–Crippen LogP) is 1.14. The van der Waals surface area contributed by atoms with Crippen molar-refractivity contribution in [3.8, 4) is 0 Å². The van der Waals surface area contributed by atoms with Crippen molar-refractivity contribution in [3.63, 3.8) is 0 Å². The van der Waals surface area contributed by atoms with Gasteiger partial charge in [-0.3, -0.25) is 9.59 Å². The average Bonchev–Trinajstić information content (AvgIpc) is 2.96. The number of piperidine rings is 1. The van der Waals surface area contributed by atoms with Crippen molar-refractivity contribution in [3.05, 3.63) is 11.4 Å².